The number of rotatable bonds is 3. The van der Waals surface area contributed by atoms with E-state index in [4.69, 9.17) is 6.57 Å². The van der Waals surface area contributed by atoms with Gasteiger partial charge in [-0.05, 0) is 6.07 Å². The SMILES string of the molecule is [C-]#[N+]CCc1ccc([N+](=O)[O-])s1. The van der Waals surface area contributed by atoms with E-state index in [1.54, 1.807) is 6.07 Å². The lowest BCUT2D eigenvalue weighted by molar-refractivity contribution is -0.380. The van der Waals surface area contributed by atoms with Gasteiger partial charge in [0.25, 0.3) is 0 Å². The maximum absolute atomic E-state index is 10.2. The summed E-state index contributed by atoms with van der Waals surface area (Å²) in [6.07, 6.45) is 0.613. The molecule has 0 aromatic carbocycles. The molecule has 1 heterocycles. The Bertz CT molecular complexity index is 326. The van der Waals surface area contributed by atoms with Crippen LogP contribution >= 0.6 is 11.3 Å². The molecule has 1 aromatic rings. The van der Waals surface area contributed by atoms with Crippen LogP contribution in [0.15, 0.2) is 12.1 Å². The molecule has 1 rings (SSSR count). The summed E-state index contributed by atoms with van der Waals surface area (Å²) in [4.78, 5) is 13.9. The monoisotopic (exact) mass is 182 g/mol. The normalized spacial score (nSPS) is 9.25. The van der Waals surface area contributed by atoms with Crippen molar-refractivity contribution in [3.05, 3.63) is 38.5 Å². The minimum absolute atomic E-state index is 0.148. The van der Waals surface area contributed by atoms with E-state index in [-0.39, 0.29) is 5.00 Å². The summed E-state index contributed by atoms with van der Waals surface area (Å²) in [6.45, 7) is 6.94. The summed E-state index contributed by atoms with van der Waals surface area (Å²) in [7, 11) is 0. The molecule has 62 valence electrons. The molecule has 0 aliphatic heterocycles. The maximum Gasteiger partial charge on any atom is 0.324 e. The molecule has 0 aliphatic rings. The van der Waals surface area contributed by atoms with E-state index in [1.165, 1.54) is 6.07 Å². The minimum atomic E-state index is -0.411. The Labute approximate surface area is 73.4 Å². The lowest BCUT2D eigenvalue weighted by Crippen LogP contribution is -1.82. The van der Waals surface area contributed by atoms with Gasteiger partial charge in [0.05, 0.1) is 11.3 Å². The minimum Gasteiger partial charge on any atom is -0.317 e. The van der Waals surface area contributed by atoms with E-state index < -0.39 is 4.92 Å². The van der Waals surface area contributed by atoms with Crippen LogP contribution in [0.5, 0.6) is 0 Å². The van der Waals surface area contributed by atoms with E-state index >= 15 is 0 Å². The van der Waals surface area contributed by atoms with Crippen molar-refractivity contribution in [2.24, 2.45) is 0 Å². The molecule has 5 heteroatoms. The highest BCUT2D eigenvalue weighted by Crippen LogP contribution is 2.23. The molecule has 0 spiro atoms. The third-order valence-electron chi connectivity index (χ3n) is 1.30. The van der Waals surface area contributed by atoms with Gasteiger partial charge in [-0.3, -0.25) is 10.1 Å². The van der Waals surface area contributed by atoms with E-state index in [0.29, 0.717) is 13.0 Å². The molecular weight excluding hydrogens is 176 g/mol. The summed E-state index contributed by atoms with van der Waals surface area (Å²) >= 11 is 1.14. The van der Waals surface area contributed by atoms with Crippen LogP contribution in [0.3, 0.4) is 0 Å². The average Bonchev–Trinajstić information content (AvgIpc) is 2.48. The largest absolute Gasteiger partial charge is 0.324 e. The number of nitrogens with zero attached hydrogens (tertiary/aromatic N) is 2. The first-order valence-corrected chi connectivity index (χ1v) is 4.12. The van der Waals surface area contributed by atoms with Crippen LogP contribution in [0.1, 0.15) is 4.88 Å². The summed E-state index contributed by atoms with van der Waals surface area (Å²) in [5.41, 5.74) is 0. The van der Waals surface area contributed by atoms with Crippen LogP contribution in [0, 0.1) is 16.7 Å². The van der Waals surface area contributed by atoms with Crippen LogP contribution < -0.4 is 0 Å². The Hall–Kier alpha value is -1.41. The molecule has 4 nitrogen and oxygen atoms in total. The third kappa shape index (κ3) is 2.04. The molecule has 0 atom stereocenters. The van der Waals surface area contributed by atoms with Crippen LogP contribution in [0.4, 0.5) is 5.00 Å². The second kappa shape index (κ2) is 3.83. The van der Waals surface area contributed by atoms with Crippen LogP contribution in [-0.4, -0.2) is 11.5 Å². The Morgan fingerprint density at radius 1 is 1.67 bits per heavy atom. The second-order valence-electron chi connectivity index (χ2n) is 2.13. The number of hydrogen-bond acceptors (Lipinski definition) is 3. The van der Waals surface area contributed by atoms with Gasteiger partial charge in [0.15, 0.2) is 0 Å². The Morgan fingerprint density at radius 2 is 2.42 bits per heavy atom. The van der Waals surface area contributed by atoms with Crippen LogP contribution in [0.25, 0.3) is 4.85 Å². The van der Waals surface area contributed by atoms with Crippen LogP contribution in [0.2, 0.25) is 0 Å². The van der Waals surface area contributed by atoms with Gasteiger partial charge in [-0.1, -0.05) is 11.3 Å². The molecule has 0 aliphatic carbocycles. The van der Waals surface area contributed by atoms with Crippen molar-refractivity contribution >= 4 is 16.3 Å². The molecule has 0 fully saturated rings. The standard InChI is InChI=1S/C7H6N2O2S/c1-8-5-4-6-2-3-7(12-6)9(10)11/h2-3H,4-5H2. The van der Waals surface area contributed by atoms with Crippen molar-refractivity contribution in [2.75, 3.05) is 6.54 Å². The summed E-state index contributed by atoms with van der Waals surface area (Å²) in [6, 6.07) is 3.18. The average molecular weight is 182 g/mol. The lowest BCUT2D eigenvalue weighted by atomic mass is 10.3. The molecule has 0 bridgehead atoms. The molecule has 0 unspecified atom stereocenters. The van der Waals surface area contributed by atoms with Gasteiger partial charge in [0, 0.05) is 10.9 Å². The quantitative estimate of drug-likeness (QED) is 0.408. The van der Waals surface area contributed by atoms with Gasteiger partial charge in [0.1, 0.15) is 0 Å². The van der Waals surface area contributed by atoms with Gasteiger partial charge in [0.2, 0.25) is 6.54 Å². The summed E-state index contributed by atoms with van der Waals surface area (Å²) in [5, 5.41) is 10.4. The Morgan fingerprint density at radius 3 is 2.92 bits per heavy atom. The first-order chi connectivity index (χ1) is 5.74. The van der Waals surface area contributed by atoms with Crippen molar-refractivity contribution < 1.29 is 4.92 Å². The second-order valence-corrected chi connectivity index (χ2v) is 3.28. The molecule has 0 saturated heterocycles. The predicted molar refractivity (Wildman–Crippen MR) is 46.1 cm³/mol. The fourth-order valence-electron chi connectivity index (χ4n) is 0.765. The first kappa shape index (κ1) is 8.68. The van der Waals surface area contributed by atoms with Crippen molar-refractivity contribution in [3.63, 3.8) is 0 Å². The molecular formula is C7H6N2O2S. The Kier molecular flexibility index (Phi) is 2.77. The summed E-state index contributed by atoms with van der Waals surface area (Å²) in [5.74, 6) is 0. The van der Waals surface area contributed by atoms with Crippen molar-refractivity contribution in [1.82, 2.24) is 0 Å². The first-order valence-electron chi connectivity index (χ1n) is 3.30. The highest BCUT2D eigenvalue weighted by molar-refractivity contribution is 7.15. The highest BCUT2D eigenvalue weighted by atomic mass is 32.1. The molecule has 0 saturated carbocycles. The van der Waals surface area contributed by atoms with Gasteiger partial charge in [-0.2, -0.15) is 0 Å². The van der Waals surface area contributed by atoms with Gasteiger partial charge in [-0.15, -0.1) is 0 Å². The molecule has 0 N–H and O–H groups in total. The van der Waals surface area contributed by atoms with Crippen molar-refractivity contribution in [3.8, 4) is 0 Å². The zero-order chi connectivity index (χ0) is 8.97. The predicted octanol–water partition coefficient (Wildman–Crippen LogP) is 2.12. The summed E-state index contributed by atoms with van der Waals surface area (Å²) < 4.78 is 0. The van der Waals surface area contributed by atoms with Gasteiger partial charge >= 0.3 is 5.00 Å². The molecule has 1 aromatic heterocycles. The van der Waals surface area contributed by atoms with E-state index in [9.17, 15) is 10.1 Å². The third-order valence-corrected chi connectivity index (χ3v) is 2.39. The zero-order valence-corrected chi connectivity index (χ0v) is 7.00. The maximum atomic E-state index is 10.2. The van der Waals surface area contributed by atoms with E-state index in [0.717, 1.165) is 16.2 Å². The molecule has 12 heavy (non-hydrogen) atoms. The fraction of sp³-hybridized carbons (Fsp3) is 0.286. The molecule has 0 amide bonds. The van der Waals surface area contributed by atoms with Crippen LogP contribution in [-0.2, 0) is 6.42 Å². The molecule has 0 radical (unpaired) electrons. The number of hydrogen-bond donors (Lipinski definition) is 0. The highest BCUT2D eigenvalue weighted by Gasteiger charge is 2.09. The number of nitro groups is 1. The van der Waals surface area contributed by atoms with Crippen molar-refractivity contribution in [1.29, 1.82) is 0 Å². The fourth-order valence-corrected chi connectivity index (χ4v) is 1.57. The van der Waals surface area contributed by atoms with Gasteiger partial charge in [-0.25, -0.2) is 6.57 Å². The van der Waals surface area contributed by atoms with E-state index in [1.807, 2.05) is 0 Å². The smallest absolute Gasteiger partial charge is 0.317 e. The van der Waals surface area contributed by atoms with Crippen molar-refractivity contribution in [2.45, 2.75) is 6.42 Å². The lowest BCUT2D eigenvalue weighted by Gasteiger charge is -1.83. The topological polar surface area (TPSA) is 47.5 Å². The van der Waals surface area contributed by atoms with Gasteiger partial charge < -0.3 is 4.85 Å². The number of thiophene rings is 1. The Balaban J connectivity index is 2.66. The zero-order valence-electron chi connectivity index (χ0n) is 6.19. The van der Waals surface area contributed by atoms with E-state index in [2.05, 4.69) is 4.85 Å².